The molecule has 1 aromatic heterocycles. The molecule has 0 saturated heterocycles. The Morgan fingerprint density at radius 3 is 2.07 bits per heavy atom. The predicted octanol–water partition coefficient (Wildman–Crippen LogP) is 4.63. The Kier molecular flexibility index (Phi) is 7.04. The summed E-state index contributed by atoms with van der Waals surface area (Å²) >= 11 is 7.55. The standard InChI is InChI=1S/C21H22ClNO4S3/c1-16(14-19-4-3-13-28-19)23(15-17-5-7-18(22)8-6-17)30(26,27)21-11-9-20(10-12-21)29(2,24)25/h3-13,16H,14-15H2,1-2H3/t16-/m0/s1. The summed E-state index contributed by atoms with van der Waals surface area (Å²) in [4.78, 5) is 1.23. The van der Waals surface area contributed by atoms with Crippen molar-refractivity contribution in [3.8, 4) is 0 Å². The van der Waals surface area contributed by atoms with Crippen molar-refractivity contribution in [2.45, 2.75) is 35.7 Å². The van der Waals surface area contributed by atoms with Crippen LogP contribution in [0.15, 0.2) is 75.8 Å². The molecule has 3 rings (SSSR count). The molecule has 1 atom stereocenters. The Bertz CT molecular complexity index is 1190. The largest absolute Gasteiger partial charge is 0.243 e. The maximum Gasteiger partial charge on any atom is 0.243 e. The number of rotatable bonds is 8. The highest BCUT2D eigenvalue weighted by atomic mass is 35.5. The summed E-state index contributed by atoms with van der Waals surface area (Å²) in [6.45, 7) is 2.05. The van der Waals surface area contributed by atoms with Crippen molar-refractivity contribution in [3.63, 3.8) is 0 Å². The van der Waals surface area contributed by atoms with Gasteiger partial charge in [-0.2, -0.15) is 4.31 Å². The molecule has 0 aliphatic carbocycles. The second-order valence-electron chi connectivity index (χ2n) is 7.05. The lowest BCUT2D eigenvalue weighted by atomic mass is 10.1. The van der Waals surface area contributed by atoms with Gasteiger partial charge in [0.1, 0.15) is 0 Å². The average molecular weight is 484 g/mol. The number of sulfone groups is 1. The van der Waals surface area contributed by atoms with E-state index in [-0.39, 0.29) is 22.4 Å². The van der Waals surface area contributed by atoms with Gasteiger partial charge in [0, 0.05) is 28.7 Å². The van der Waals surface area contributed by atoms with Gasteiger partial charge in [0.25, 0.3) is 0 Å². The number of benzene rings is 2. The molecular weight excluding hydrogens is 462 g/mol. The molecule has 0 spiro atoms. The van der Waals surface area contributed by atoms with Gasteiger partial charge in [-0.05, 0) is 66.8 Å². The van der Waals surface area contributed by atoms with Crippen LogP contribution in [-0.2, 0) is 32.8 Å². The minimum Gasteiger partial charge on any atom is -0.224 e. The Hall–Kier alpha value is -1.71. The highest BCUT2D eigenvalue weighted by Crippen LogP contribution is 2.25. The molecule has 160 valence electrons. The van der Waals surface area contributed by atoms with Gasteiger partial charge in [0.2, 0.25) is 10.0 Å². The number of sulfonamides is 1. The van der Waals surface area contributed by atoms with Gasteiger partial charge in [0.15, 0.2) is 9.84 Å². The first kappa shape index (κ1) is 23.0. The zero-order valence-corrected chi connectivity index (χ0v) is 19.7. The van der Waals surface area contributed by atoms with E-state index in [0.29, 0.717) is 11.4 Å². The Morgan fingerprint density at radius 2 is 1.53 bits per heavy atom. The molecule has 0 unspecified atom stereocenters. The monoisotopic (exact) mass is 483 g/mol. The van der Waals surface area contributed by atoms with E-state index in [2.05, 4.69) is 0 Å². The van der Waals surface area contributed by atoms with E-state index in [0.717, 1.165) is 16.7 Å². The van der Waals surface area contributed by atoms with Gasteiger partial charge in [-0.25, -0.2) is 16.8 Å². The molecule has 0 radical (unpaired) electrons. The summed E-state index contributed by atoms with van der Waals surface area (Å²) in [7, 11) is -7.27. The molecule has 0 amide bonds. The molecule has 0 fully saturated rings. The lowest BCUT2D eigenvalue weighted by Crippen LogP contribution is -2.39. The van der Waals surface area contributed by atoms with Crippen molar-refractivity contribution in [2.75, 3.05) is 6.26 Å². The molecule has 9 heteroatoms. The van der Waals surface area contributed by atoms with Gasteiger partial charge in [-0.3, -0.25) is 0 Å². The molecule has 5 nitrogen and oxygen atoms in total. The zero-order chi connectivity index (χ0) is 21.9. The SMILES string of the molecule is C[C@@H](Cc1cccs1)N(Cc1ccc(Cl)cc1)S(=O)(=O)c1ccc(S(C)(=O)=O)cc1. The molecule has 0 saturated carbocycles. The van der Waals surface area contributed by atoms with Crippen molar-refractivity contribution < 1.29 is 16.8 Å². The lowest BCUT2D eigenvalue weighted by Gasteiger charge is -2.28. The van der Waals surface area contributed by atoms with Crippen LogP contribution in [0.25, 0.3) is 0 Å². The van der Waals surface area contributed by atoms with Gasteiger partial charge in [-0.15, -0.1) is 11.3 Å². The summed E-state index contributed by atoms with van der Waals surface area (Å²) < 4.78 is 51.9. The fraction of sp³-hybridized carbons (Fsp3) is 0.238. The molecule has 30 heavy (non-hydrogen) atoms. The second-order valence-corrected chi connectivity index (χ2v) is 12.4. The second kappa shape index (κ2) is 9.20. The van der Waals surface area contributed by atoms with Crippen LogP contribution in [-0.4, -0.2) is 33.4 Å². The van der Waals surface area contributed by atoms with E-state index in [1.54, 1.807) is 35.6 Å². The highest BCUT2D eigenvalue weighted by molar-refractivity contribution is 7.90. The first-order valence-electron chi connectivity index (χ1n) is 9.16. The lowest BCUT2D eigenvalue weighted by molar-refractivity contribution is 0.329. The fourth-order valence-electron chi connectivity index (χ4n) is 3.06. The smallest absolute Gasteiger partial charge is 0.224 e. The normalized spacial score (nSPS) is 13.5. The van der Waals surface area contributed by atoms with Gasteiger partial charge in [-0.1, -0.05) is 29.8 Å². The minimum absolute atomic E-state index is 0.0573. The van der Waals surface area contributed by atoms with Crippen molar-refractivity contribution in [1.82, 2.24) is 4.31 Å². The van der Waals surface area contributed by atoms with Crippen LogP contribution in [0.2, 0.25) is 5.02 Å². The third-order valence-electron chi connectivity index (χ3n) is 4.68. The summed E-state index contributed by atoms with van der Waals surface area (Å²) in [6.07, 6.45) is 1.67. The Balaban J connectivity index is 1.97. The van der Waals surface area contributed by atoms with E-state index in [1.807, 2.05) is 24.4 Å². The maximum absolute atomic E-state index is 13.5. The number of nitrogens with zero attached hydrogens (tertiary/aromatic N) is 1. The maximum atomic E-state index is 13.5. The van der Waals surface area contributed by atoms with Crippen LogP contribution in [0.4, 0.5) is 0 Å². The first-order valence-corrected chi connectivity index (χ1v) is 13.7. The zero-order valence-electron chi connectivity index (χ0n) is 16.5. The molecule has 0 bridgehead atoms. The Labute approximate surface area is 186 Å². The van der Waals surface area contributed by atoms with Crippen LogP contribution >= 0.6 is 22.9 Å². The van der Waals surface area contributed by atoms with Crippen LogP contribution in [0.5, 0.6) is 0 Å². The van der Waals surface area contributed by atoms with Gasteiger partial charge in [0.05, 0.1) is 9.79 Å². The first-order chi connectivity index (χ1) is 14.1. The minimum atomic E-state index is -3.86. The van der Waals surface area contributed by atoms with Crippen LogP contribution in [0.1, 0.15) is 17.4 Å². The number of hydrogen-bond donors (Lipinski definition) is 0. The van der Waals surface area contributed by atoms with Gasteiger partial charge < -0.3 is 0 Å². The van der Waals surface area contributed by atoms with Crippen molar-refractivity contribution >= 4 is 42.8 Å². The van der Waals surface area contributed by atoms with Crippen molar-refractivity contribution in [1.29, 1.82) is 0 Å². The van der Waals surface area contributed by atoms with Crippen molar-refractivity contribution in [2.24, 2.45) is 0 Å². The predicted molar refractivity (Wildman–Crippen MR) is 121 cm³/mol. The molecule has 0 aliphatic heterocycles. The molecule has 2 aromatic carbocycles. The van der Waals surface area contributed by atoms with Crippen LogP contribution < -0.4 is 0 Å². The number of hydrogen-bond acceptors (Lipinski definition) is 5. The summed E-state index contributed by atoms with van der Waals surface area (Å²) in [5.41, 5.74) is 0.814. The van der Waals surface area contributed by atoms with E-state index < -0.39 is 19.9 Å². The number of halogens is 1. The average Bonchev–Trinajstić information content (AvgIpc) is 3.19. The topological polar surface area (TPSA) is 71.5 Å². The quantitative estimate of drug-likeness (QED) is 0.468. The van der Waals surface area contributed by atoms with Crippen LogP contribution in [0.3, 0.4) is 0 Å². The molecule has 0 aliphatic rings. The Morgan fingerprint density at radius 1 is 0.933 bits per heavy atom. The summed E-state index contributed by atoms with van der Waals surface area (Å²) in [5, 5.41) is 2.54. The fourth-order valence-corrected chi connectivity index (χ4v) is 6.26. The molecule has 1 heterocycles. The third-order valence-corrected chi connectivity index (χ3v) is 8.93. The van der Waals surface area contributed by atoms with Crippen molar-refractivity contribution in [3.05, 3.63) is 81.5 Å². The molecule has 3 aromatic rings. The van der Waals surface area contributed by atoms with Crippen LogP contribution in [0, 0.1) is 0 Å². The molecular formula is C21H22ClNO4S3. The van der Waals surface area contributed by atoms with E-state index >= 15 is 0 Å². The van der Waals surface area contributed by atoms with E-state index in [4.69, 9.17) is 11.6 Å². The van der Waals surface area contributed by atoms with Gasteiger partial charge >= 0.3 is 0 Å². The third kappa shape index (κ3) is 5.50. The molecule has 0 N–H and O–H groups in total. The highest BCUT2D eigenvalue weighted by Gasteiger charge is 2.30. The van der Waals surface area contributed by atoms with E-state index in [1.165, 1.54) is 28.6 Å². The van der Waals surface area contributed by atoms with E-state index in [9.17, 15) is 16.8 Å². The number of thiophene rings is 1. The summed E-state index contributed by atoms with van der Waals surface area (Å²) in [5.74, 6) is 0. The summed E-state index contributed by atoms with van der Waals surface area (Å²) in [6, 6.07) is 16.0.